The monoisotopic (exact) mass is 486 g/mol. The molecular weight excluding hydrogens is 462 g/mol. The Morgan fingerprint density at radius 3 is 2.49 bits per heavy atom. The molecule has 0 radical (unpaired) electrons. The number of aromatic nitrogens is 4. The van der Waals surface area contributed by atoms with Gasteiger partial charge in [0, 0.05) is 24.3 Å². The second-order valence-electron chi connectivity index (χ2n) is 7.86. The van der Waals surface area contributed by atoms with Crippen molar-refractivity contribution in [3.63, 3.8) is 0 Å². The number of halogens is 2. The molecule has 4 rings (SSSR count). The lowest BCUT2D eigenvalue weighted by molar-refractivity contribution is -0.0503. The minimum atomic E-state index is -2.92. The number of carbonyl (C=O) groups is 1. The Labute approximate surface area is 199 Å². The molecule has 1 aliphatic carbocycles. The first kappa shape index (κ1) is 24.0. The van der Waals surface area contributed by atoms with Crippen molar-refractivity contribution >= 4 is 17.7 Å². The van der Waals surface area contributed by atoms with Gasteiger partial charge in [0.05, 0.1) is 36.4 Å². The fourth-order valence-corrected chi connectivity index (χ4v) is 3.84. The molecule has 12 heteroatoms. The molecule has 1 aliphatic rings. The third-order valence-corrected chi connectivity index (χ3v) is 5.43. The summed E-state index contributed by atoms with van der Waals surface area (Å²) in [6, 6.07) is 6.60. The third-order valence-electron chi connectivity index (χ3n) is 5.43. The zero-order valence-electron chi connectivity index (χ0n) is 18.9. The third kappa shape index (κ3) is 6.28. The number of nitrogens with zero attached hydrogens (tertiary/aromatic N) is 4. The van der Waals surface area contributed by atoms with Crippen molar-refractivity contribution in [3.05, 3.63) is 65.0 Å². The Balaban J connectivity index is 1.31. The van der Waals surface area contributed by atoms with E-state index in [0.717, 1.165) is 19.3 Å². The molecular formula is C23H24F2N6O4. The van der Waals surface area contributed by atoms with E-state index in [0.29, 0.717) is 17.5 Å². The summed E-state index contributed by atoms with van der Waals surface area (Å²) in [5.74, 6) is 0.380. The smallest absolute Gasteiger partial charge is 0.387 e. The number of hydrogen-bond donors (Lipinski definition) is 2. The summed E-state index contributed by atoms with van der Waals surface area (Å²) in [6.45, 7) is -0.982. The average molecular weight is 486 g/mol. The highest BCUT2D eigenvalue weighted by Crippen LogP contribution is 2.25. The lowest BCUT2D eigenvalue weighted by Crippen LogP contribution is -2.22. The van der Waals surface area contributed by atoms with E-state index >= 15 is 0 Å². The van der Waals surface area contributed by atoms with Crippen molar-refractivity contribution in [2.45, 2.75) is 44.9 Å². The summed E-state index contributed by atoms with van der Waals surface area (Å²) >= 11 is 0. The molecule has 0 aliphatic heterocycles. The number of nitrogens with one attached hydrogen (secondary N) is 2. The summed E-state index contributed by atoms with van der Waals surface area (Å²) in [5, 5.41) is 6.57. The van der Waals surface area contributed by atoms with Crippen molar-refractivity contribution in [2.24, 2.45) is 0 Å². The zero-order valence-corrected chi connectivity index (χ0v) is 18.9. The molecule has 1 saturated carbocycles. The molecule has 0 saturated heterocycles. The number of alkyl halides is 2. The Kier molecular flexibility index (Phi) is 7.48. The van der Waals surface area contributed by atoms with Crippen LogP contribution in [0.3, 0.4) is 0 Å². The van der Waals surface area contributed by atoms with E-state index in [1.54, 1.807) is 25.3 Å². The molecule has 0 spiro atoms. The highest BCUT2D eigenvalue weighted by Gasteiger charge is 2.25. The summed E-state index contributed by atoms with van der Waals surface area (Å²) in [7, 11) is 0. The van der Waals surface area contributed by atoms with E-state index in [-0.39, 0.29) is 35.6 Å². The maximum atomic E-state index is 12.4. The second-order valence-corrected chi connectivity index (χ2v) is 7.86. The predicted molar refractivity (Wildman–Crippen MR) is 123 cm³/mol. The highest BCUT2D eigenvalue weighted by molar-refractivity contribution is 5.89. The van der Waals surface area contributed by atoms with Gasteiger partial charge in [0.25, 0.3) is 5.56 Å². The lowest BCUT2D eigenvalue weighted by Gasteiger charge is -2.15. The van der Waals surface area contributed by atoms with Gasteiger partial charge in [-0.3, -0.25) is 9.36 Å². The second kappa shape index (κ2) is 10.9. The van der Waals surface area contributed by atoms with Crippen LogP contribution in [0.5, 0.6) is 5.75 Å². The number of ether oxygens (including phenoxy) is 2. The quantitative estimate of drug-likeness (QED) is 0.439. The van der Waals surface area contributed by atoms with E-state index in [1.807, 2.05) is 0 Å². The number of anilines is 2. The molecule has 0 unspecified atom stereocenters. The van der Waals surface area contributed by atoms with E-state index in [2.05, 4.69) is 30.3 Å². The van der Waals surface area contributed by atoms with Crippen LogP contribution in [-0.2, 0) is 4.74 Å². The average Bonchev–Trinajstić information content (AvgIpc) is 3.27. The predicted octanol–water partition coefficient (Wildman–Crippen LogP) is 3.25. The Morgan fingerprint density at radius 1 is 1.11 bits per heavy atom. The first-order valence-corrected chi connectivity index (χ1v) is 11.1. The molecule has 1 fully saturated rings. The van der Waals surface area contributed by atoms with Crippen molar-refractivity contribution in [1.29, 1.82) is 0 Å². The molecule has 0 amide bonds. The summed E-state index contributed by atoms with van der Waals surface area (Å²) in [6.07, 6.45) is 8.05. The van der Waals surface area contributed by atoms with Gasteiger partial charge in [-0.1, -0.05) is 0 Å². The highest BCUT2D eigenvalue weighted by atomic mass is 19.3. The van der Waals surface area contributed by atoms with Crippen LogP contribution < -0.4 is 20.9 Å². The first-order valence-electron chi connectivity index (χ1n) is 11.1. The summed E-state index contributed by atoms with van der Waals surface area (Å²) in [5.41, 5.74) is 0.406. The number of pyridine rings is 2. The Hall–Kier alpha value is -4.09. The Morgan fingerprint density at radius 2 is 1.86 bits per heavy atom. The maximum absolute atomic E-state index is 12.4. The fraction of sp³-hybridized carbons (Fsp3) is 0.348. The molecule has 35 heavy (non-hydrogen) atoms. The molecule has 2 atom stereocenters. The molecule has 3 heterocycles. The van der Waals surface area contributed by atoms with Crippen LogP contribution in [0, 0.1) is 0 Å². The summed E-state index contributed by atoms with van der Waals surface area (Å²) in [4.78, 5) is 36.6. The number of esters is 1. The minimum Gasteiger partial charge on any atom is -0.462 e. The minimum absolute atomic E-state index is 0.0942. The van der Waals surface area contributed by atoms with E-state index in [4.69, 9.17) is 4.74 Å². The van der Waals surface area contributed by atoms with Crippen molar-refractivity contribution in [2.75, 3.05) is 17.2 Å². The molecule has 3 aromatic heterocycles. The lowest BCUT2D eigenvalue weighted by atomic mass is 10.2. The van der Waals surface area contributed by atoms with Crippen LogP contribution in [0.1, 0.15) is 36.5 Å². The van der Waals surface area contributed by atoms with E-state index in [9.17, 15) is 18.4 Å². The summed E-state index contributed by atoms with van der Waals surface area (Å²) < 4.78 is 35.0. The molecule has 3 aromatic rings. The van der Waals surface area contributed by atoms with Crippen LogP contribution in [0.2, 0.25) is 0 Å². The topological polar surface area (TPSA) is 120 Å². The first-order chi connectivity index (χ1) is 16.9. The van der Waals surface area contributed by atoms with E-state index < -0.39 is 12.6 Å². The van der Waals surface area contributed by atoms with Gasteiger partial charge in [0.2, 0.25) is 5.95 Å². The van der Waals surface area contributed by atoms with E-state index in [1.165, 1.54) is 35.3 Å². The SMILES string of the molecule is CCOC(=O)c1ccn(-c2ccc(N[C@H]3CC[C@H](Nc4ncc(OC(F)F)cn4)C3)nc2)c(=O)c1. The zero-order chi connectivity index (χ0) is 24.8. The fourth-order valence-electron chi connectivity index (χ4n) is 3.84. The van der Waals surface area contributed by atoms with Gasteiger partial charge in [-0.05, 0) is 44.4 Å². The van der Waals surface area contributed by atoms with Gasteiger partial charge in [0.15, 0.2) is 5.75 Å². The molecule has 10 nitrogen and oxygen atoms in total. The molecule has 0 aromatic carbocycles. The Bertz CT molecular complexity index is 1200. The van der Waals surface area contributed by atoms with Crippen molar-refractivity contribution < 1.29 is 23.0 Å². The van der Waals surface area contributed by atoms with Gasteiger partial charge in [-0.2, -0.15) is 8.78 Å². The number of rotatable bonds is 9. The maximum Gasteiger partial charge on any atom is 0.387 e. The number of carbonyl (C=O) groups excluding carboxylic acids is 1. The van der Waals surface area contributed by atoms with Gasteiger partial charge in [-0.15, -0.1) is 0 Å². The number of hydrogen-bond acceptors (Lipinski definition) is 9. The normalized spacial score (nSPS) is 17.3. The van der Waals surface area contributed by atoms with Gasteiger partial charge < -0.3 is 20.1 Å². The standard InChI is InChI=1S/C23H24F2N6O4/c1-2-34-21(33)14-7-8-31(20(32)9-14)17-5-6-19(26-11-17)29-15-3-4-16(10-15)30-23-27-12-18(13-28-23)35-22(24)25/h5-9,11-13,15-16,22H,2-4,10H2,1H3,(H,26,29)(H,27,28,30)/t15-,16-/m0/s1. The largest absolute Gasteiger partial charge is 0.462 e. The van der Waals surface area contributed by atoms with Crippen molar-refractivity contribution in [1.82, 2.24) is 19.5 Å². The van der Waals surface area contributed by atoms with Gasteiger partial charge in [-0.25, -0.2) is 19.7 Å². The van der Waals surface area contributed by atoms with Gasteiger partial charge in [0.1, 0.15) is 5.82 Å². The molecule has 2 N–H and O–H groups in total. The van der Waals surface area contributed by atoms with Crippen LogP contribution in [0.4, 0.5) is 20.5 Å². The molecule has 0 bridgehead atoms. The van der Waals surface area contributed by atoms with Crippen LogP contribution in [0.15, 0.2) is 53.8 Å². The molecule has 184 valence electrons. The van der Waals surface area contributed by atoms with Crippen LogP contribution in [-0.4, -0.2) is 50.8 Å². The van der Waals surface area contributed by atoms with Crippen LogP contribution >= 0.6 is 0 Å². The van der Waals surface area contributed by atoms with Crippen molar-refractivity contribution in [3.8, 4) is 11.4 Å². The van der Waals surface area contributed by atoms with Gasteiger partial charge >= 0.3 is 12.6 Å². The van der Waals surface area contributed by atoms with Crippen LogP contribution in [0.25, 0.3) is 5.69 Å².